The molecular formula is C35H67N2+. The maximum absolute atomic E-state index is 2.91. The minimum atomic E-state index is 0.894. The highest BCUT2D eigenvalue weighted by Crippen LogP contribution is 2.39. The molecule has 0 radical (unpaired) electrons. The molecule has 1 heterocycles. The van der Waals surface area contributed by atoms with Crippen molar-refractivity contribution >= 4 is 0 Å². The lowest BCUT2D eigenvalue weighted by Gasteiger charge is -2.44. The van der Waals surface area contributed by atoms with Gasteiger partial charge in [0.15, 0.2) is 0 Å². The van der Waals surface area contributed by atoms with Crippen LogP contribution >= 0.6 is 0 Å². The SMILES string of the molecule is CC[N+]1(C)CCN(C2CCCCC(CC3CCCCC(C4CCCCC(C)CCC4)CCC3)CC2)CC1. The smallest absolute Gasteiger partial charge is 0.0914 e. The van der Waals surface area contributed by atoms with E-state index in [1.54, 1.807) is 51.4 Å². The third kappa shape index (κ3) is 9.81. The zero-order valence-electron chi connectivity index (χ0n) is 25.7. The minimum Gasteiger partial charge on any atom is -0.324 e. The van der Waals surface area contributed by atoms with Gasteiger partial charge in [-0.2, -0.15) is 0 Å². The van der Waals surface area contributed by atoms with E-state index in [0.717, 1.165) is 35.6 Å². The average molecular weight is 516 g/mol. The van der Waals surface area contributed by atoms with Crippen LogP contribution in [0.3, 0.4) is 0 Å². The van der Waals surface area contributed by atoms with Crippen LogP contribution in [0.15, 0.2) is 0 Å². The van der Waals surface area contributed by atoms with Gasteiger partial charge in [-0.1, -0.05) is 116 Å². The van der Waals surface area contributed by atoms with Crippen molar-refractivity contribution in [3.05, 3.63) is 0 Å². The van der Waals surface area contributed by atoms with Crippen molar-refractivity contribution in [2.75, 3.05) is 39.8 Å². The Morgan fingerprint density at radius 1 is 0.568 bits per heavy atom. The van der Waals surface area contributed by atoms with Crippen molar-refractivity contribution in [1.29, 1.82) is 0 Å². The van der Waals surface area contributed by atoms with E-state index in [1.165, 1.54) is 121 Å². The molecule has 0 aromatic rings. The lowest BCUT2D eigenvalue weighted by Crippen LogP contribution is -2.59. The summed E-state index contributed by atoms with van der Waals surface area (Å²) >= 11 is 0. The standard InChI is InChI=1S/C35H67N2/c1-4-37(3)27-25-36(26-28-37)35-22-10-7-16-32(23-24-35)29-31-15-6-9-19-34(21-12-17-31)33-18-8-5-13-30(2)14-11-20-33/h30-35H,4-29H2,1-3H3/q+1. The van der Waals surface area contributed by atoms with E-state index in [0.29, 0.717) is 0 Å². The van der Waals surface area contributed by atoms with Gasteiger partial charge < -0.3 is 4.48 Å². The fraction of sp³-hybridized carbons (Fsp3) is 1.00. The summed E-state index contributed by atoms with van der Waals surface area (Å²) < 4.78 is 1.30. The molecule has 0 amide bonds. The zero-order chi connectivity index (χ0) is 25.9. The van der Waals surface area contributed by atoms with Crippen LogP contribution in [-0.4, -0.2) is 55.2 Å². The van der Waals surface area contributed by atoms with E-state index < -0.39 is 0 Å². The number of quaternary nitrogens is 1. The molecule has 1 saturated heterocycles. The highest BCUT2D eigenvalue weighted by Gasteiger charge is 2.32. The van der Waals surface area contributed by atoms with Crippen molar-refractivity contribution in [3.8, 4) is 0 Å². The number of hydrogen-bond donors (Lipinski definition) is 0. The number of piperazine rings is 1. The topological polar surface area (TPSA) is 3.24 Å². The Morgan fingerprint density at radius 3 is 1.73 bits per heavy atom. The van der Waals surface area contributed by atoms with Crippen LogP contribution in [0, 0.1) is 29.6 Å². The molecule has 0 bridgehead atoms. The van der Waals surface area contributed by atoms with Crippen LogP contribution < -0.4 is 0 Å². The Bertz CT molecular complexity index is 608. The molecule has 2 heteroatoms. The summed E-state index contributed by atoms with van der Waals surface area (Å²) in [5.74, 6) is 5.18. The summed E-state index contributed by atoms with van der Waals surface area (Å²) in [7, 11) is 2.48. The monoisotopic (exact) mass is 516 g/mol. The molecule has 3 saturated carbocycles. The lowest BCUT2D eigenvalue weighted by molar-refractivity contribution is -0.912. The van der Waals surface area contributed by atoms with Crippen LogP contribution in [-0.2, 0) is 0 Å². The summed E-state index contributed by atoms with van der Waals surface area (Å²) in [4.78, 5) is 2.91. The molecule has 0 spiro atoms. The summed E-state index contributed by atoms with van der Waals surface area (Å²) in [5, 5.41) is 0. The Balaban J connectivity index is 1.22. The predicted octanol–water partition coefficient (Wildman–Crippen LogP) is 9.47. The zero-order valence-corrected chi connectivity index (χ0v) is 25.7. The van der Waals surface area contributed by atoms with Gasteiger partial charge >= 0.3 is 0 Å². The molecule has 4 aliphatic rings. The van der Waals surface area contributed by atoms with E-state index in [9.17, 15) is 0 Å². The van der Waals surface area contributed by atoms with Crippen molar-refractivity contribution in [2.24, 2.45) is 29.6 Å². The van der Waals surface area contributed by atoms with Crippen LogP contribution in [0.25, 0.3) is 0 Å². The first-order chi connectivity index (χ1) is 18.0. The number of hydrogen-bond acceptors (Lipinski definition) is 1. The first-order valence-corrected chi connectivity index (χ1v) is 17.6. The fourth-order valence-corrected chi connectivity index (χ4v) is 9.14. The van der Waals surface area contributed by atoms with Crippen LogP contribution in [0.4, 0.5) is 0 Å². The van der Waals surface area contributed by atoms with Gasteiger partial charge in [-0.15, -0.1) is 0 Å². The van der Waals surface area contributed by atoms with E-state index in [1.807, 2.05) is 0 Å². The predicted molar refractivity (Wildman–Crippen MR) is 162 cm³/mol. The third-order valence-electron chi connectivity index (χ3n) is 12.2. The molecule has 0 aromatic carbocycles. The van der Waals surface area contributed by atoms with Crippen molar-refractivity contribution in [3.63, 3.8) is 0 Å². The average Bonchev–Trinajstić information content (AvgIpc) is 3.07. The van der Waals surface area contributed by atoms with Gasteiger partial charge in [0.2, 0.25) is 0 Å². The highest BCUT2D eigenvalue weighted by molar-refractivity contribution is 4.81. The summed E-state index contributed by atoms with van der Waals surface area (Å²) in [6.07, 6.45) is 32.1. The van der Waals surface area contributed by atoms with Gasteiger partial charge in [-0.25, -0.2) is 0 Å². The number of nitrogens with zero attached hydrogens (tertiary/aromatic N) is 2. The third-order valence-corrected chi connectivity index (χ3v) is 12.2. The molecular weight excluding hydrogens is 448 g/mol. The Kier molecular flexibility index (Phi) is 12.6. The Hall–Kier alpha value is -0.0800. The maximum atomic E-state index is 2.91. The molecule has 216 valence electrons. The van der Waals surface area contributed by atoms with Gasteiger partial charge in [-0.3, -0.25) is 4.90 Å². The molecule has 4 fully saturated rings. The maximum Gasteiger partial charge on any atom is 0.0914 e. The van der Waals surface area contributed by atoms with E-state index in [2.05, 4.69) is 25.8 Å². The molecule has 37 heavy (non-hydrogen) atoms. The summed E-state index contributed by atoms with van der Waals surface area (Å²) in [6.45, 7) is 11.6. The van der Waals surface area contributed by atoms with Gasteiger partial charge in [0.25, 0.3) is 0 Å². The van der Waals surface area contributed by atoms with E-state index in [4.69, 9.17) is 0 Å². The van der Waals surface area contributed by atoms with Gasteiger partial charge in [0.05, 0.1) is 26.7 Å². The van der Waals surface area contributed by atoms with Gasteiger partial charge in [0.1, 0.15) is 0 Å². The molecule has 0 aromatic heterocycles. The highest BCUT2D eigenvalue weighted by atomic mass is 15.4. The van der Waals surface area contributed by atoms with Crippen molar-refractivity contribution in [1.82, 2.24) is 4.90 Å². The molecule has 3 aliphatic carbocycles. The Morgan fingerprint density at radius 2 is 1.05 bits per heavy atom. The van der Waals surface area contributed by atoms with Crippen LogP contribution in [0.5, 0.6) is 0 Å². The Labute approximate surface area is 233 Å². The summed E-state index contributed by atoms with van der Waals surface area (Å²) in [5.41, 5.74) is 0. The molecule has 6 unspecified atom stereocenters. The quantitative estimate of drug-likeness (QED) is 0.329. The van der Waals surface area contributed by atoms with Crippen molar-refractivity contribution in [2.45, 2.75) is 155 Å². The number of likely N-dealkylation sites (N-methyl/N-ethyl adjacent to an activating group) is 1. The van der Waals surface area contributed by atoms with Gasteiger partial charge in [-0.05, 0) is 62.2 Å². The molecule has 2 nitrogen and oxygen atoms in total. The second-order valence-electron chi connectivity index (χ2n) is 15.0. The van der Waals surface area contributed by atoms with Crippen molar-refractivity contribution < 1.29 is 4.48 Å². The normalized spacial score (nSPS) is 38.0. The van der Waals surface area contributed by atoms with Gasteiger partial charge in [0, 0.05) is 19.1 Å². The minimum absolute atomic E-state index is 0.894. The van der Waals surface area contributed by atoms with E-state index in [-0.39, 0.29) is 0 Å². The number of rotatable bonds is 5. The molecule has 1 aliphatic heterocycles. The fourth-order valence-electron chi connectivity index (χ4n) is 9.14. The van der Waals surface area contributed by atoms with Crippen LogP contribution in [0.1, 0.15) is 149 Å². The van der Waals surface area contributed by atoms with Crippen LogP contribution in [0.2, 0.25) is 0 Å². The molecule has 6 atom stereocenters. The second kappa shape index (κ2) is 15.6. The molecule has 0 N–H and O–H groups in total. The molecule has 4 rings (SSSR count). The van der Waals surface area contributed by atoms with E-state index >= 15 is 0 Å². The lowest BCUT2D eigenvalue weighted by atomic mass is 9.78. The second-order valence-corrected chi connectivity index (χ2v) is 15.0. The summed E-state index contributed by atoms with van der Waals surface area (Å²) in [6, 6.07) is 0.894. The first-order valence-electron chi connectivity index (χ1n) is 17.6. The largest absolute Gasteiger partial charge is 0.324 e. The first kappa shape index (κ1) is 29.9.